The molecule has 3 aromatic carbocycles. The molecule has 0 aromatic heterocycles. The van der Waals surface area contributed by atoms with Gasteiger partial charge in [0, 0.05) is 3.57 Å². The summed E-state index contributed by atoms with van der Waals surface area (Å²) < 4.78 is 28.8. The van der Waals surface area contributed by atoms with Crippen molar-refractivity contribution < 1.29 is 13.2 Å². The number of benzene rings is 3. The van der Waals surface area contributed by atoms with E-state index in [-0.39, 0.29) is 4.90 Å². The largest absolute Gasteiger partial charge is 0.271 e. The molecule has 0 bridgehead atoms. The zero-order valence-electron chi connectivity index (χ0n) is 17.8. The average Bonchev–Trinajstić information content (AvgIpc) is 2.82. The van der Waals surface area contributed by atoms with E-state index in [4.69, 9.17) is 0 Å². The summed E-state index contributed by atoms with van der Waals surface area (Å²) in [6, 6.07) is 22.9. The van der Waals surface area contributed by atoms with Crippen LogP contribution in [0.5, 0.6) is 0 Å². The molecule has 1 amide bonds. The molecule has 0 aliphatic heterocycles. The molecule has 8 heteroatoms. The first-order valence-electron chi connectivity index (χ1n) is 10.1. The number of anilines is 1. The van der Waals surface area contributed by atoms with Crippen LogP contribution in [0.2, 0.25) is 0 Å². The Balaban J connectivity index is 1.85. The molecule has 0 spiro atoms. The quantitative estimate of drug-likeness (QED) is 0.248. The highest BCUT2D eigenvalue weighted by molar-refractivity contribution is 14.1. The Morgan fingerprint density at radius 2 is 1.59 bits per heavy atom. The van der Waals surface area contributed by atoms with Gasteiger partial charge >= 0.3 is 0 Å². The molecular weight excluding hydrogens is 537 g/mol. The number of carbonyl (C=O) groups excluding carboxylic acids is 1. The third-order valence-electron chi connectivity index (χ3n) is 4.86. The highest BCUT2D eigenvalue weighted by atomic mass is 127. The first-order chi connectivity index (χ1) is 15.3. The van der Waals surface area contributed by atoms with Crippen molar-refractivity contribution in [3.63, 3.8) is 0 Å². The Hall–Kier alpha value is -2.72. The van der Waals surface area contributed by atoms with E-state index in [9.17, 15) is 13.2 Å². The Labute approximate surface area is 202 Å². The molecule has 0 fully saturated rings. The van der Waals surface area contributed by atoms with Gasteiger partial charge in [0.15, 0.2) is 0 Å². The Kier molecular flexibility index (Phi) is 8.03. The Bertz CT molecular complexity index is 1190. The van der Waals surface area contributed by atoms with Crippen molar-refractivity contribution in [2.45, 2.75) is 25.2 Å². The van der Waals surface area contributed by atoms with Crippen LogP contribution in [0.4, 0.5) is 5.69 Å². The lowest BCUT2D eigenvalue weighted by Gasteiger charge is -2.24. The number of hydrazone groups is 1. The first kappa shape index (κ1) is 23.9. The minimum atomic E-state index is -3.94. The lowest BCUT2D eigenvalue weighted by molar-refractivity contribution is -0.119. The number of amides is 1. The third kappa shape index (κ3) is 5.95. The van der Waals surface area contributed by atoms with Crippen molar-refractivity contribution in [2.75, 3.05) is 10.8 Å². The number of carbonyl (C=O) groups is 1. The van der Waals surface area contributed by atoms with Crippen LogP contribution in [-0.2, 0) is 21.2 Å². The van der Waals surface area contributed by atoms with Gasteiger partial charge in [0.05, 0.1) is 16.3 Å². The highest BCUT2D eigenvalue weighted by Crippen LogP contribution is 2.24. The maximum atomic E-state index is 13.3. The van der Waals surface area contributed by atoms with Gasteiger partial charge in [0.2, 0.25) is 0 Å². The van der Waals surface area contributed by atoms with Crippen molar-refractivity contribution in [1.82, 2.24) is 5.43 Å². The number of hydrogen-bond acceptors (Lipinski definition) is 4. The topological polar surface area (TPSA) is 78.8 Å². The van der Waals surface area contributed by atoms with Crippen LogP contribution in [0.15, 0.2) is 88.9 Å². The molecule has 0 radical (unpaired) electrons. The lowest BCUT2D eigenvalue weighted by atomic mass is 10.1. The second-order valence-corrected chi connectivity index (χ2v) is 10.2. The summed E-state index contributed by atoms with van der Waals surface area (Å²) in [6.07, 6.45) is 0.832. The standard InChI is InChI=1S/C24H24IN3O3S/c1-3-19-9-15-22(16-10-19)28(32(30,31)23-7-5-4-6-8-23)17-24(29)27-26-18(2)20-11-13-21(25)14-12-20/h4-16H,3,17H2,1-2H3,(H,27,29)/b26-18-. The fourth-order valence-corrected chi connectivity index (χ4v) is 4.80. The van der Waals surface area contributed by atoms with E-state index in [1.54, 1.807) is 37.3 Å². The number of sulfonamides is 1. The molecule has 3 rings (SSSR count). The molecular formula is C24H24IN3O3S. The Morgan fingerprint density at radius 1 is 0.969 bits per heavy atom. The van der Waals surface area contributed by atoms with E-state index in [2.05, 4.69) is 33.1 Å². The average molecular weight is 561 g/mol. The van der Waals surface area contributed by atoms with Crippen LogP contribution in [0.1, 0.15) is 25.0 Å². The van der Waals surface area contributed by atoms with Crippen LogP contribution in [-0.4, -0.2) is 26.6 Å². The van der Waals surface area contributed by atoms with E-state index in [0.717, 1.165) is 25.4 Å². The summed E-state index contributed by atoms with van der Waals surface area (Å²) in [4.78, 5) is 12.8. The van der Waals surface area contributed by atoms with Gasteiger partial charge in [-0.05, 0) is 83.5 Å². The number of rotatable bonds is 8. The monoisotopic (exact) mass is 561 g/mol. The van der Waals surface area contributed by atoms with Gasteiger partial charge in [0.25, 0.3) is 15.9 Å². The molecule has 6 nitrogen and oxygen atoms in total. The van der Waals surface area contributed by atoms with Crippen molar-refractivity contribution >= 4 is 49.9 Å². The van der Waals surface area contributed by atoms with Gasteiger partial charge in [-0.25, -0.2) is 13.8 Å². The summed E-state index contributed by atoms with van der Waals surface area (Å²) in [5.74, 6) is -0.533. The van der Waals surface area contributed by atoms with Crippen molar-refractivity contribution in [1.29, 1.82) is 0 Å². The predicted octanol–water partition coefficient (Wildman–Crippen LogP) is 4.59. The second kappa shape index (κ2) is 10.7. The molecule has 0 unspecified atom stereocenters. The summed E-state index contributed by atoms with van der Waals surface area (Å²) in [5.41, 5.74) is 5.47. The van der Waals surface area contributed by atoms with Crippen molar-refractivity contribution in [3.8, 4) is 0 Å². The van der Waals surface area contributed by atoms with Crippen molar-refractivity contribution in [2.24, 2.45) is 5.10 Å². The van der Waals surface area contributed by atoms with E-state index >= 15 is 0 Å². The fourth-order valence-electron chi connectivity index (χ4n) is 3.00. The molecule has 166 valence electrons. The van der Waals surface area contributed by atoms with Crippen molar-refractivity contribution in [3.05, 3.63) is 93.6 Å². The van der Waals surface area contributed by atoms with E-state index < -0.39 is 22.5 Å². The minimum absolute atomic E-state index is 0.117. The fraction of sp³-hybridized carbons (Fsp3) is 0.167. The highest BCUT2D eigenvalue weighted by Gasteiger charge is 2.27. The number of aryl methyl sites for hydroxylation is 1. The summed E-state index contributed by atoms with van der Waals surface area (Å²) in [5, 5.41) is 4.15. The van der Waals surface area contributed by atoms with Gasteiger partial charge < -0.3 is 0 Å². The van der Waals surface area contributed by atoms with Gasteiger partial charge in [0.1, 0.15) is 6.54 Å². The van der Waals surface area contributed by atoms with E-state index in [1.807, 2.05) is 43.3 Å². The number of nitrogens with zero attached hydrogens (tertiary/aromatic N) is 2. The summed E-state index contributed by atoms with van der Waals surface area (Å²) in [7, 11) is -3.94. The number of nitrogens with one attached hydrogen (secondary N) is 1. The molecule has 0 aliphatic carbocycles. The smallest absolute Gasteiger partial charge is 0.264 e. The maximum absolute atomic E-state index is 13.3. The van der Waals surface area contributed by atoms with Gasteiger partial charge in [-0.15, -0.1) is 0 Å². The van der Waals surface area contributed by atoms with Crippen LogP contribution >= 0.6 is 22.6 Å². The van der Waals surface area contributed by atoms with Gasteiger partial charge in [-0.3, -0.25) is 9.10 Å². The zero-order valence-corrected chi connectivity index (χ0v) is 20.8. The maximum Gasteiger partial charge on any atom is 0.264 e. The molecule has 3 aromatic rings. The summed E-state index contributed by atoms with van der Waals surface area (Å²) in [6.45, 7) is 3.41. The third-order valence-corrected chi connectivity index (χ3v) is 7.37. The van der Waals surface area contributed by atoms with E-state index in [0.29, 0.717) is 11.4 Å². The van der Waals surface area contributed by atoms with Gasteiger partial charge in [-0.1, -0.05) is 49.4 Å². The van der Waals surface area contributed by atoms with Crippen LogP contribution < -0.4 is 9.73 Å². The van der Waals surface area contributed by atoms with E-state index in [1.165, 1.54) is 12.1 Å². The normalized spacial score (nSPS) is 11.8. The molecule has 0 heterocycles. The number of hydrogen-bond donors (Lipinski definition) is 1. The molecule has 0 aliphatic rings. The molecule has 1 N–H and O–H groups in total. The molecule has 0 atom stereocenters. The van der Waals surface area contributed by atoms with Crippen LogP contribution in [0.3, 0.4) is 0 Å². The van der Waals surface area contributed by atoms with Crippen LogP contribution in [0.25, 0.3) is 0 Å². The second-order valence-electron chi connectivity index (χ2n) is 7.08. The zero-order chi connectivity index (χ0) is 23.1. The van der Waals surface area contributed by atoms with Gasteiger partial charge in [-0.2, -0.15) is 5.10 Å². The predicted molar refractivity (Wildman–Crippen MR) is 136 cm³/mol. The first-order valence-corrected chi connectivity index (χ1v) is 12.6. The Morgan fingerprint density at radius 3 is 2.19 bits per heavy atom. The number of halogens is 1. The molecule has 0 saturated carbocycles. The molecule has 32 heavy (non-hydrogen) atoms. The SMILES string of the molecule is CCc1ccc(N(CC(=O)N/N=C(/C)c2ccc(I)cc2)S(=O)(=O)c2ccccc2)cc1. The lowest BCUT2D eigenvalue weighted by Crippen LogP contribution is -2.39. The van der Waals surface area contributed by atoms with Crippen LogP contribution in [0, 0.1) is 3.57 Å². The molecule has 0 saturated heterocycles. The summed E-state index contributed by atoms with van der Waals surface area (Å²) >= 11 is 2.21. The minimum Gasteiger partial charge on any atom is -0.271 e.